The number of halogens is 1. The summed E-state index contributed by atoms with van der Waals surface area (Å²) in [6, 6.07) is 12.5. The van der Waals surface area contributed by atoms with Gasteiger partial charge >= 0.3 is 0 Å². The second-order valence-corrected chi connectivity index (χ2v) is 8.82. The van der Waals surface area contributed by atoms with Gasteiger partial charge in [0.2, 0.25) is 18.7 Å². The molecule has 0 spiro atoms. The molecule has 1 saturated heterocycles. The van der Waals surface area contributed by atoms with E-state index in [1.807, 2.05) is 13.0 Å². The van der Waals surface area contributed by atoms with Gasteiger partial charge in [-0.25, -0.2) is 9.37 Å². The van der Waals surface area contributed by atoms with Crippen molar-refractivity contribution in [3.63, 3.8) is 0 Å². The zero-order valence-corrected chi connectivity index (χ0v) is 20.9. The van der Waals surface area contributed by atoms with Crippen molar-refractivity contribution in [3.8, 4) is 5.69 Å². The molecule has 0 bridgehead atoms. The molecule has 2 fully saturated rings. The Morgan fingerprint density at radius 2 is 1.84 bits per heavy atom. The molecular weight excluding hydrogens is 493 g/mol. The predicted molar refractivity (Wildman–Crippen MR) is 140 cm³/mol. The van der Waals surface area contributed by atoms with E-state index >= 15 is 0 Å². The summed E-state index contributed by atoms with van der Waals surface area (Å²) in [7, 11) is 0. The Hall–Kier alpha value is -4.38. The number of anilines is 2. The van der Waals surface area contributed by atoms with Gasteiger partial charge in [-0.3, -0.25) is 23.7 Å². The standard InChI is InChI=1S/C12H9FN2O2.C8H13NO2.C7H8N2O/c13-10-7-9(4-5-11(10)14-8-16)15-6-2-1-3-12(15)17;10-7-3-4-9(5-7)8(11)6-1-2-6;1-6-2-3-7(8-4-6)9-5-10/h1-8H,(H,14,16);6-7,10H,1-5H2;2-5H,1H3,(H,8,9,10). The summed E-state index contributed by atoms with van der Waals surface area (Å²) in [5.74, 6) is 0.563. The van der Waals surface area contributed by atoms with E-state index in [9.17, 15) is 23.6 Å². The number of amides is 3. The Kier molecular flexibility index (Phi) is 10.2. The first-order chi connectivity index (χ1) is 18.3. The molecule has 10 nitrogen and oxygen atoms in total. The van der Waals surface area contributed by atoms with Gasteiger partial charge < -0.3 is 20.6 Å². The van der Waals surface area contributed by atoms with Crippen molar-refractivity contribution in [2.75, 3.05) is 23.7 Å². The lowest BCUT2D eigenvalue weighted by Gasteiger charge is -2.14. The number of aliphatic hydroxyl groups excluding tert-OH is 1. The lowest BCUT2D eigenvalue weighted by molar-refractivity contribution is -0.131. The molecule has 11 heteroatoms. The highest BCUT2D eigenvalue weighted by molar-refractivity contribution is 5.81. The van der Waals surface area contributed by atoms with Gasteiger partial charge in [0.15, 0.2) is 0 Å². The molecule has 1 unspecified atom stereocenters. The van der Waals surface area contributed by atoms with Gasteiger partial charge in [0, 0.05) is 43.5 Å². The van der Waals surface area contributed by atoms with Crippen molar-refractivity contribution < 1.29 is 23.9 Å². The normalized spacial score (nSPS) is 15.8. The molecule has 1 saturated carbocycles. The molecule has 3 aromatic rings. The van der Waals surface area contributed by atoms with Crippen LogP contribution in [0.25, 0.3) is 5.69 Å². The van der Waals surface area contributed by atoms with Crippen LogP contribution in [0.2, 0.25) is 0 Å². The fourth-order valence-corrected chi connectivity index (χ4v) is 3.62. The summed E-state index contributed by atoms with van der Waals surface area (Å²) < 4.78 is 14.8. The van der Waals surface area contributed by atoms with E-state index in [2.05, 4.69) is 15.6 Å². The first-order valence-electron chi connectivity index (χ1n) is 12.1. The van der Waals surface area contributed by atoms with Gasteiger partial charge in [0.05, 0.1) is 17.5 Å². The number of hydrogen-bond acceptors (Lipinski definition) is 6. The molecule has 3 N–H and O–H groups in total. The smallest absolute Gasteiger partial charge is 0.255 e. The second-order valence-electron chi connectivity index (χ2n) is 8.82. The molecule has 1 aromatic carbocycles. The average molecular weight is 524 g/mol. The third kappa shape index (κ3) is 8.34. The van der Waals surface area contributed by atoms with Crippen LogP contribution in [0.5, 0.6) is 0 Å². The SMILES string of the molecule is Cc1ccc(NC=O)nc1.O=C(C1CC1)N1CCC(O)C1.O=CNc1ccc(-n2ccccc2=O)cc1F. The van der Waals surface area contributed by atoms with E-state index in [0.717, 1.165) is 31.4 Å². The van der Waals surface area contributed by atoms with Gasteiger partial charge in [-0.1, -0.05) is 12.1 Å². The lowest BCUT2D eigenvalue weighted by atomic mass is 10.2. The van der Waals surface area contributed by atoms with Crippen LogP contribution in [0.3, 0.4) is 0 Å². The minimum absolute atomic E-state index is 0.0766. The summed E-state index contributed by atoms with van der Waals surface area (Å²) in [5, 5.41) is 13.8. The van der Waals surface area contributed by atoms with Crippen LogP contribution in [0.4, 0.5) is 15.9 Å². The zero-order chi connectivity index (χ0) is 27.5. The second kappa shape index (κ2) is 13.8. The maximum Gasteiger partial charge on any atom is 0.255 e. The number of hydrogen-bond donors (Lipinski definition) is 3. The fourth-order valence-electron chi connectivity index (χ4n) is 3.62. The number of carbonyl (C=O) groups is 3. The maximum atomic E-state index is 13.5. The summed E-state index contributed by atoms with van der Waals surface area (Å²) >= 11 is 0. The molecule has 2 aliphatic rings. The topological polar surface area (TPSA) is 134 Å². The van der Waals surface area contributed by atoms with Gasteiger partial charge in [0.1, 0.15) is 11.6 Å². The number of aromatic nitrogens is 2. The van der Waals surface area contributed by atoms with Crippen LogP contribution in [-0.2, 0) is 14.4 Å². The van der Waals surface area contributed by atoms with Crippen molar-refractivity contribution >= 4 is 30.2 Å². The third-order valence-corrected chi connectivity index (χ3v) is 5.79. The Morgan fingerprint density at radius 3 is 2.39 bits per heavy atom. The minimum atomic E-state index is -0.592. The van der Waals surface area contributed by atoms with Crippen molar-refractivity contribution in [2.45, 2.75) is 32.3 Å². The quantitative estimate of drug-likeness (QED) is 0.425. The minimum Gasteiger partial charge on any atom is -0.391 e. The molecular formula is C27H30FN5O5. The summed E-state index contributed by atoms with van der Waals surface area (Å²) in [5.41, 5.74) is 1.32. The van der Waals surface area contributed by atoms with Crippen LogP contribution in [-0.4, -0.2) is 57.5 Å². The number of likely N-dealkylation sites (tertiary alicyclic amines) is 1. The molecule has 200 valence electrons. The number of aryl methyl sites for hydroxylation is 1. The van der Waals surface area contributed by atoms with E-state index in [1.165, 1.54) is 22.8 Å². The van der Waals surface area contributed by atoms with Gasteiger partial charge in [-0.05, 0) is 56.0 Å². The number of rotatable bonds is 6. The fraction of sp³-hybridized carbons (Fsp3) is 0.296. The van der Waals surface area contributed by atoms with E-state index < -0.39 is 5.82 Å². The summed E-state index contributed by atoms with van der Waals surface area (Å²) in [4.78, 5) is 48.7. The van der Waals surface area contributed by atoms with Crippen LogP contribution >= 0.6 is 0 Å². The average Bonchev–Trinajstić information content (AvgIpc) is 3.67. The Balaban J connectivity index is 0.000000166. The Labute approximate surface area is 219 Å². The van der Waals surface area contributed by atoms with Crippen LogP contribution in [0.1, 0.15) is 24.8 Å². The van der Waals surface area contributed by atoms with Crippen LogP contribution < -0.4 is 16.2 Å². The maximum absolute atomic E-state index is 13.5. The molecule has 3 amide bonds. The van der Waals surface area contributed by atoms with Crippen molar-refractivity contribution in [3.05, 3.63) is 82.7 Å². The molecule has 1 aliphatic heterocycles. The Morgan fingerprint density at radius 1 is 1.08 bits per heavy atom. The molecule has 1 aliphatic carbocycles. The highest BCUT2D eigenvalue weighted by atomic mass is 19.1. The molecule has 2 aromatic heterocycles. The highest BCUT2D eigenvalue weighted by Gasteiger charge is 2.35. The monoisotopic (exact) mass is 523 g/mol. The summed E-state index contributed by atoms with van der Waals surface area (Å²) in [6.45, 7) is 3.27. The van der Waals surface area contributed by atoms with E-state index in [-0.39, 0.29) is 23.3 Å². The number of pyridine rings is 2. The number of β-amino-alcohol motifs (C(OH)–C–C–N with tert-alkyl or cyclic N) is 1. The first-order valence-corrected chi connectivity index (χ1v) is 12.1. The molecule has 1 atom stereocenters. The lowest BCUT2D eigenvalue weighted by Crippen LogP contribution is -2.30. The number of aliphatic hydroxyl groups is 1. The van der Waals surface area contributed by atoms with Gasteiger partial charge in [0.25, 0.3) is 5.56 Å². The molecule has 38 heavy (non-hydrogen) atoms. The van der Waals surface area contributed by atoms with Crippen molar-refractivity contribution in [2.24, 2.45) is 5.92 Å². The number of nitrogens with zero attached hydrogens (tertiary/aromatic N) is 3. The van der Waals surface area contributed by atoms with Crippen LogP contribution in [0, 0.1) is 18.7 Å². The third-order valence-electron chi connectivity index (χ3n) is 5.79. The van der Waals surface area contributed by atoms with Crippen LogP contribution in [0.15, 0.2) is 65.7 Å². The van der Waals surface area contributed by atoms with E-state index in [1.54, 1.807) is 41.6 Å². The number of benzene rings is 1. The predicted octanol–water partition coefficient (Wildman–Crippen LogP) is 2.49. The van der Waals surface area contributed by atoms with Crippen molar-refractivity contribution in [1.29, 1.82) is 0 Å². The molecule has 0 radical (unpaired) electrons. The van der Waals surface area contributed by atoms with Gasteiger partial charge in [-0.15, -0.1) is 0 Å². The van der Waals surface area contributed by atoms with E-state index in [0.29, 0.717) is 36.8 Å². The number of carbonyl (C=O) groups excluding carboxylic acids is 3. The number of nitrogens with one attached hydrogen (secondary N) is 2. The summed E-state index contributed by atoms with van der Waals surface area (Å²) in [6.07, 6.45) is 6.87. The largest absolute Gasteiger partial charge is 0.391 e. The zero-order valence-electron chi connectivity index (χ0n) is 20.9. The van der Waals surface area contributed by atoms with Gasteiger partial charge in [-0.2, -0.15) is 0 Å². The molecule has 5 rings (SSSR count). The Bertz CT molecular complexity index is 1290. The van der Waals surface area contributed by atoms with Crippen molar-refractivity contribution in [1.82, 2.24) is 14.5 Å². The highest BCUT2D eigenvalue weighted by Crippen LogP contribution is 2.32. The van der Waals surface area contributed by atoms with E-state index in [4.69, 9.17) is 5.11 Å². The first kappa shape index (κ1) is 28.2. The molecule has 3 heterocycles.